The number of benzene rings is 1. The fraction of sp³-hybridized carbons (Fsp3) is 0.111. The second-order valence-corrected chi connectivity index (χ2v) is 2.83. The van der Waals surface area contributed by atoms with Crippen LogP contribution in [0.4, 0.5) is 5.69 Å². The minimum absolute atomic E-state index is 0. The topological polar surface area (TPSA) is 66.4 Å². The molecule has 0 aliphatic heterocycles. The summed E-state index contributed by atoms with van der Waals surface area (Å²) in [6.07, 6.45) is 0. The monoisotopic (exact) mass is 249 g/mol. The summed E-state index contributed by atoms with van der Waals surface area (Å²) in [6, 6.07) is 5.83. The van der Waals surface area contributed by atoms with Gasteiger partial charge < -0.3 is 10.4 Å². The molecule has 1 aromatic rings. The van der Waals surface area contributed by atoms with Gasteiger partial charge in [0.25, 0.3) is 0 Å². The largest absolute Gasteiger partial charge is 0.478 e. The third-order valence-corrected chi connectivity index (χ3v) is 1.78. The molecule has 6 heteroatoms. The Bertz CT molecular complexity index is 351. The Morgan fingerprint density at radius 3 is 2.20 bits per heavy atom. The van der Waals surface area contributed by atoms with Gasteiger partial charge in [-0.25, -0.2) is 4.79 Å². The zero-order chi connectivity index (χ0) is 10.6. The van der Waals surface area contributed by atoms with Gasteiger partial charge in [-0.15, -0.1) is 24.0 Å². The highest BCUT2D eigenvalue weighted by Crippen LogP contribution is 2.09. The number of hydrogen-bond acceptors (Lipinski definition) is 2. The van der Waals surface area contributed by atoms with E-state index >= 15 is 0 Å². The Labute approximate surface area is 97.6 Å². The Kier molecular flexibility index (Phi) is 5.74. The molecule has 0 aliphatic carbocycles. The van der Waals surface area contributed by atoms with E-state index in [1.54, 1.807) is 0 Å². The van der Waals surface area contributed by atoms with Crippen LogP contribution < -0.4 is 5.32 Å². The SMILES string of the molecule is Cl.O=C(CCl)Nc1ccc(C(=O)O)cc1. The first-order chi connectivity index (χ1) is 6.63. The number of carbonyl (C=O) groups is 2. The highest BCUT2D eigenvalue weighted by Gasteiger charge is 2.03. The smallest absolute Gasteiger partial charge is 0.335 e. The lowest BCUT2D eigenvalue weighted by Gasteiger charge is -2.02. The molecular weight excluding hydrogens is 241 g/mol. The minimum Gasteiger partial charge on any atom is -0.478 e. The van der Waals surface area contributed by atoms with Crippen molar-refractivity contribution < 1.29 is 14.7 Å². The maximum absolute atomic E-state index is 10.8. The van der Waals surface area contributed by atoms with E-state index in [-0.39, 0.29) is 29.8 Å². The summed E-state index contributed by atoms with van der Waals surface area (Å²) < 4.78 is 0. The van der Waals surface area contributed by atoms with Crippen LogP contribution >= 0.6 is 24.0 Å². The van der Waals surface area contributed by atoms with Gasteiger partial charge in [0, 0.05) is 5.69 Å². The minimum atomic E-state index is -1.000. The van der Waals surface area contributed by atoms with Crippen LogP contribution in [0, 0.1) is 0 Å². The van der Waals surface area contributed by atoms with E-state index in [2.05, 4.69) is 5.32 Å². The molecular formula is C9H9Cl2NO3. The van der Waals surface area contributed by atoms with Gasteiger partial charge in [-0.3, -0.25) is 4.79 Å². The van der Waals surface area contributed by atoms with E-state index < -0.39 is 5.97 Å². The van der Waals surface area contributed by atoms with Crippen molar-refractivity contribution in [2.24, 2.45) is 0 Å². The van der Waals surface area contributed by atoms with Gasteiger partial charge in [0.2, 0.25) is 5.91 Å². The molecule has 0 bridgehead atoms. The number of halogens is 2. The summed E-state index contributed by atoms with van der Waals surface area (Å²) in [5.74, 6) is -1.45. The second-order valence-electron chi connectivity index (χ2n) is 2.56. The van der Waals surface area contributed by atoms with E-state index in [0.29, 0.717) is 5.69 Å². The highest BCUT2D eigenvalue weighted by atomic mass is 35.5. The van der Waals surface area contributed by atoms with Gasteiger partial charge in [0.1, 0.15) is 5.88 Å². The van der Waals surface area contributed by atoms with Crippen LogP contribution in [0.1, 0.15) is 10.4 Å². The number of carbonyl (C=O) groups excluding carboxylic acids is 1. The number of rotatable bonds is 3. The van der Waals surface area contributed by atoms with Crippen molar-refractivity contribution in [2.45, 2.75) is 0 Å². The zero-order valence-electron chi connectivity index (χ0n) is 7.57. The molecule has 1 rings (SSSR count). The number of amides is 1. The van der Waals surface area contributed by atoms with Crippen molar-refractivity contribution in [3.8, 4) is 0 Å². The van der Waals surface area contributed by atoms with E-state index in [1.165, 1.54) is 24.3 Å². The van der Waals surface area contributed by atoms with Gasteiger partial charge in [0.05, 0.1) is 5.56 Å². The molecule has 0 aliphatic rings. The third-order valence-electron chi connectivity index (χ3n) is 1.54. The molecule has 0 saturated heterocycles. The van der Waals surface area contributed by atoms with Crippen LogP contribution in [-0.2, 0) is 4.79 Å². The van der Waals surface area contributed by atoms with Crippen LogP contribution in [0.15, 0.2) is 24.3 Å². The second kappa shape index (κ2) is 6.27. The number of carboxylic acid groups (broad SMARTS) is 1. The number of nitrogens with one attached hydrogen (secondary N) is 1. The van der Waals surface area contributed by atoms with Crippen LogP contribution in [0.25, 0.3) is 0 Å². The molecule has 0 radical (unpaired) electrons. The molecule has 0 fully saturated rings. The average molecular weight is 250 g/mol. The first kappa shape index (κ1) is 13.7. The van der Waals surface area contributed by atoms with E-state index in [1.807, 2.05) is 0 Å². The Balaban J connectivity index is 0.00000196. The van der Waals surface area contributed by atoms with E-state index in [0.717, 1.165) is 0 Å². The summed E-state index contributed by atoms with van der Waals surface area (Å²) in [5.41, 5.74) is 0.703. The van der Waals surface area contributed by atoms with Gasteiger partial charge in [-0.2, -0.15) is 0 Å². The number of carboxylic acids is 1. The molecule has 0 atom stereocenters. The van der Waals surface area contributed by atoms with Crippen molar-refractivity contribution in [3.63, 3.8) is 0 Å². The highest BCUT2D eigenvalue weighted by molar-refractivity contribution is 6.29. The molecule has 82 valence electrons. The molecule has 0 unspecified atom stereocenters. The summed E-state index contributed by atoms with van der Waals surface area (Å²) in [4.78, 5) is 21.3. The van der Waals surface area contributed by atoms with Gasteiger partial charge in [0.15, 0.2) is 0 Å². The normalized spacial score (nSPS) is 8.87. The predicted octanol–water partition coefficient (Wildman–Crippen LogP) is 1.98. The third kappa shape index (κ3) is 4.18. The van der Waals surface area contributed by atoms with Crippen molar-refractivity contribution >= 4 is 41.6 Å². The van der Waals surface area contributed by atoms with Crippen LogP contribution in [-0.4, -0.2) is 22.9 Å². The Morgan fingerprint density at radius 2 is 1.80 bits per heavy atom. The fourth-order valence-electron chi connectivity index (χ4n) is 0.891. The van der Waals surface area contributed by atoms with Crippen LogP contribution in [0.5, 0.6) is 0 Å². The molecule has 0 saturated carbocycles. The summed E-state index contributed by atoms with van der Waals surface area (Å²) in [7, 11) is 0. The first-order valence-electron chi connectivity index (χ1n) is 3.82. The standard InChI is InChI=1S/C9H8ClNO3.ClH/c10-5-8(12)11-7-3-1-6(2-4-7)9(13)14;/h1-4H,5H2,(H,11,12)(H,13,14);1H. The van der Waals surface area contributed by atoms with Gasteiger partial charge in [-0.1, -0.05) is 0 Å². The lowest BCUT2D eigenvalue weighted by molar-refractivity contribution is -0.113. The lowest BCUT2D eigenvalue weighted by Crippen LogP contribution is -2.12. The molecule has 0 heterocycles. The van der Waals surface area contributed by atoms with E-state index in [9.17, 15) is 9.59 Å². The van der Waals surface area contributed by atoms with Gasteiger partial charge >= 0.3 is 5.97 Å². The number of alkyl halides is 1. The van der Waals surface area contributed by atoms with Crippen molar-refractivity contribution in [2.75, 3.05) is 11.2 Å². The van der Waals surface area contributed by atoms with Crippen molar-refractivity contribution in [1.29, 1.82) is 0 Å². The molecule has 2 N–H and O–H groups in total. The number of hydrogen-bond donors (Lipinski definition) is 2. The molecule has 1 amide bonds. The van der Waals surface area contributed by atoms with Crippen molar-refractivity contribution in [3.05, 3.63) is 29.8 Å². The Hall–Kier alpha value is -1.26. The number of anilines is 1. The van der Waals surface area contributed by atoms with Crippen LogP contribution in [0.3, 0.4) is 0 Å². The van der Waals surface area contributed by atoms with Crippen LogP contribution in [0.2, 0.25) is 0 Å². The zero-order valence-corrected chi connectivity index (χ0v) is 9.14. The average Bonchev–Trinajstić information content (AvgIpc) is 2.18. The predicted molar refractivity (Wildman–Crippen MR) is 60.0 cm³/mol. The molecule has 0 spiro atoms. The Morgan fingerprint density at radius 1 is 1.27 bits per heavy atom. The maximum atomic E-state index is 10.8. The summed E-state index contributed by atoms with van der Waals surface area (Å²) in [6.45, 7) is 0. The summed E-state index contributed by atoms with van der Waals surface area (Å²) in [5, 5.41) is 11.1. The molecule has 15 heavy (non-hydrogen) atoms. The fourth-order valence-corrected chi connectivity index (χ4v) is 0.957. The summed E-state index contributed by atoms with van der Waals surface area (Å²) >= 11 is 5.28. The lowest BCUT2D eigenvalue weighted by atomic mass is 10.2. The molecule has 1 aromatic carbocycles. The number of aromatic carboxylic acids is 1. The van der Waals surface area contributed by atoms with Crippen molar-refractivity contribution in [1.82, 2.24) is 0 Å². The maximum Gasteiger partial charge on any atom is 0.335 e. The first-order valence-corrected chi connectivity index (χ1v) is 4.36. The van der Waals surface area contributed by atoms with E-state index in [4.69, 9.17) is 16.7 Å². The molecule has 4 nitrogen and oxygen atoms in total. The quantitative estimate of drug-likeness (QED) is 0.806. The molecule has 0 aromatic heterocycles. The van der Waals surface area contributed by atoms with Gasteiger partial charge in [-0.05, 0) is 24.3 Å².